The highest BCUT2D eigenvalue weighted by molar-refractivity contribution is 7.99. The summed E-state index contributed by atoms with van der Waals surface area (Å²) < 4.78 is 0. The highest BCUT2D eigenvalue weighted by Crippen LogP contribution is 2.48. The van der Waals surface area contributed by atoms with Gasteiger partial charge in [-0.25, -0.2) is 0 Å². The minimum Gasteiger partial charge on any atom is -0.297 e. The van der Waals surface area contributed by atoms with Crippen molar-refractivity contribution in [3.05, 3.63) is 48.5 Å². The van der Waals surface area contributed by atoms with Gasteiger partial charge in [0.2, 0.25) is 0 Å². The molecule has 2 nitrogen and oxygen atoms in total. The molecule has 2 aromatic carbocycles. The number of nitrogens with zero attached hydrogens (tertiary/aromatic N) is 2. The standard InChI is InChI=1S/C17H16N2S/c1-3-9-15-13(7-1)19(17-11-5-6-12-18-17)14-8-2-4-10-16(14)20-15/h1-4,7-10H,5-6,11-12H2. The zero-order valence-corrected chi connectivity index (χ0v) is 12.1. The van der Waals surface area contributed by atoms with Crippen LogP contribution in [0.15, 0.2) is 63.3 Å². The number of hydrogen-bond acceptors (Lipinski definition) is 3. The van der Waals surface area contributed by atoms with Crippen LogP contribution in [-0.4, -0.2) is 12.4 Å². The van der Waals surface area contributed by atoms with Crippen LogP contribution >= 0.6 is 11.8 Å². The lowest BCUT2D eigenvalue weighted by atomic mass is 10.1. The normalized spacial score (nSPS) is 17.2. The van der Waals surface area contributed by atoms with Crippen LogP contribution in [0.4, 0.5) is 11.4 Å². The number of hydrogen-bond donors (Lipinski definition) is 0. The number of rotatable bonds is 0. The monoisotopic (exact) mass is 280 g/mol. The maximum Gasteiger partial charge on any atom is 0.108 e. The van der Waals surface area contributed by atoms with Crippen molar-refractivity contribution in [1.29, 1.82) is 0 Å². The minimum absolute atomic E-state index is 0.962. The molecule has 2 heterocycles. The summed E-state index contributed by atoms with van der Waals surface area (Å²) in [6.07, 6.45) is 3.54. The Morgan fingerprint density at radius 2 is 1.50 bits per heavy atom. The van der Waals surface area contributed by atoms with Gasteiger partial charge >= 0.3 is 0 Å². The molecular formula is C17H16N2S. The van der Waals surface area contributed by atoms with Gasteiger partial charge in [0, 0.05) is 22.8 Å². The van der Waals surface area contributed by atoms with Crippen LogP contribution in [-0.2, 0) is 0 Å². The number of benzene rings is 2. The number of para-hydroxylation sites is 2. The SMILES string of the molecule is c1ccc2c(c1)Sc1ccccc1N2C1=NCCCC1. The summed E-state index contributed by atoms with van der Waals surface area (Å²) in [5.41, 5.74) is 2.55. The van der Waals surface area contributed by atoms with Crippen molar-refractivity contribution in [2.24, 2.45) is 4.99 Å². The van der Waals surface area contributed by atoms with Crippen LogP contribution < -0.4 is 4.90 Å². The van der Waals surface area contributed by atoms with Crippen LogP contribution in [0.5, 0.6) is 0 Å². The second kappa shape index (κ2) is 4.98. The third-order valence-corrected chi connectivity index (χ3v) is 4.92. The van der Waals surface area contributed by atoms with Crippen molar-refractivity contribution in [3.8, 4) is 0 Å². The van der Waals surface area contributed by atoms with E-state index in [9.17, 15) is 0 Å². The molecule has 0 unspecified atom stereocenters. The van der Waals surface area contributed by atoms with E-state index in [0.717, 1.165) is 13.0 Å². The minimum atomic E-state index is 0.962. The zero-order chi connectivity index (χ0) is 13.4. The van der Waals surface area contributed by atoms with Crippen molar-refractivity contribution < 1.29 is 0 Å². The number of fused-ring (bicyclic) bond motifs is 2. The molecule has 100 valence electrons. The molecule has 2 aliphatic heterocycles. The van der Waals surface area contributed by atoms with Gasteiger partial charge in [-0.2, -0.15) is 0 Å². The smallest absolute Gasteiger partial charge is 0.108 e. The first kappa shape index (κ1) is 12.0. The average molecular weight is 280 g/mol. The Kier molecular flexibility index (Phi) is 3.00. The molecule has 0 aliphatic carbocycles. The Labute approximate surface area is 123 Å². The quantitative estimate of drug-likeness (QED) is 0.684. The van der Waals surface area contributed by atoms with Gasteiger partial charge in [-0.05, 0) is 37.1 Å². The summed E-state index contributed by atoms with van der Waals surface area (Å²) in [4.78, 5) is 9.78. The van der Waals surface area contributed by atoms with E-state index in [-0.39, 0.29) is 0 Å². The second-order valence-electron chi connectivity index (χ2n) is 5.13. The van der Waals surface area contributed by atoms with Gasteiger partial charge in [0.25, 0.3) is 0 Å². The Morgan fingerprint density at radius 1 is 0.850 bits per heavy atom. The summed E-state index contributed by atoms with van der Waals surface area (Å²) in [5, 5.41) is 0. The molecule has 2 aliphatic rings. The Morgan fingerprint density at radius 3 is 2.10 bits per heavy atom. The first-order valence-electron chi connectivity index (χ1n) is 7.13. The Balaban J connectivity index is 1.90. The second-order valence-corrected chi connectivity index (χ2v) is 6.21. The van der Waals surface area contributed by atoms with E-state index in [1.165, 1.54) is 39.8 Å². The van der Waals surface area contributed by atoms with Crippen molar-refractivity contribution in [3.63, 3.8) is 0 Å². The molecule has 0 bridgehead atoms. The molecule has 0 atom stereocenters. The van der Waals surface area contributed by atoms with E-state index in [4.69, 9.17) is 4.99 Å². The van der Waals surface area contributed by atoms with E-state index in [0.29, 0.717) is 0 Å². The molecule has 0 aromatic heterocycles. The molecule has 0 radical (unpaired) electrons. The predicted octanol–water partition coefficient (Wildman–Crippen LogP) is 4.87. The molecule has 3 heteroatoms. The predicted molar refractivity (Wildman–Crippen MR) is 85.3 cm³/mol. The van der Waals surface area contributed by atoms with Crippen LogP contribution in [0.25, 0.3) is 0 Å². The summed E-state index contributed by atoms with van der Waals surface area (Å²) in [6, 6.07) is 17.3. The van der Waals surface area contributed by atoms with Gasteiger partial charge in [-0.1, -0.05) is 36.0 Å². The maximum atomic E-state index is 4.78. The molecule has 0 fully saturated rings. The van der Waals surface area contributed by atoms with Gasteiger partial charge < -0.3 is 0 Å². The highest BCUT2D eigenvalue weighted by atomic mass is 32.2. The van der Waals surface area contributed by atoms with Crippen molar-refractivity contribution in [2.75, 3.05) is 11.4 Å². The molecule has 0 N–H and O–H groups in total. The fourth-order valence-corrected chi connectivity index (χ4v) is 3.91. The highest BCUT2D eigenvalue weighted by Gasteiger charge is 2.26. The maximum absolute atomic E-state index is 4.78. The lowest BCUT2D eigenvalue weighted by Crippen LogP contribution is -2.30. The summed E-state index contributed by atoms with van der Waals surface area (Å²) in [7, 11) is 0. The van der Waals surface area contributed by atoms with Crippen LogP contribution in [0, 0.1) is 0 Å². The number of anilines is 2. The largest absolute Gasteiger partial charge is 0.297 e. The first-order valence-corrected chi connectivity index (χ1v) is 7.94. The average Bonchev–Trinajstić information content (AvgIpc) is 2.53. The topological polar surface area (TPSA) is 15.6 Å². The van der Waals surface area contributed by atoms with Gasteiger partial charge in [0.05, 0.1) is 11.4 Å². The van der Waals surface area contributed by atoms with Gasteiger partial charge in [-0.15, -0.1) is 0 Å². The fourth-order valence-electron chi connectivity index (χ4n) is 2.85. The van der Waals surface area contributed by atoms with Crippen molar-refractivity contribution in [2.45, 2.75) is 29.1 Å². The van der Waals surface area contributed by atoms with E-state index in [1.54, 1.807) is 0 Å². The number of amidine groups is 1. The zero-order valence-electron chi connectivity index (χ0n) is 11.2. The third kappa shape index (κ3) is 1.93. The van der Waals surface area contributed by atoms with Gasteiger partial charge in [0.15, 0.2) is 0 Å². The van der Waals surface area contributed by atoms with E-state index < -0.39 is 0 Å². The van der Waals surface area contributed by atoms with Gasteiger partial charge in [-0.3, -0.25) is 9.89 Å². The van der Waals surface area contributed by atoms with Crippen LogP contribution in [0.1, 0.15) is 19.3 Å². The van der Waals surface area contributed by atoms with Crippen LogP contribution in [0.3, 0.4) is 0 Å². The summed E-state index contributed by atoms with van der Waals surface area (Å²) >= 11 is 1.85. The fraction of sp³-hybridized carbons (Fsp3) is 0.235. The molecule has 2 aromatic rings. The summed E-state index contributed by atoms with van der Waals surface area (Å²) in [6.45, 7) is 0.962. The lowest BCUT2D eigenvalue weighted by molar-refractivity contribution is 0.730. The molecular weight excluding hydrogens is 264 g/mol. The first-order chi connectivity index (χ1) is 9.93. The molecule has 0 saturated heterocycles. The van der Waals surface area contributed by atoms with Gasteiger partial charge in [0.1, 0.15) is 5.84 Å². The molecule has 0 spiro atoms. The Hall–Kier alpha value is -1.74. The summed E-state index contributed by atoms with van der Waals surface area (Å²) in [5.74, 6) is 1.22. The van der Waals surface area contributed by atoms with E-state index in [2.05, 4.69) is 53.4 Å². The molecule has 0 saturated carbocycles. The molecule has 0 amide bonds. The molecule has 20 heavy (non-hydrogen) atoms. The third-order valence-electron chi connectivity index (χ3n) is 3.79. The van der Waals surface area contributed by atoms with Crippen molar-refractivity contribution >= 4 is 29.0 Å². The van der Waals surface area contributed by atoms with Crippen LogP contribution in [0.2, 0.25) is 0 Å². The molecule has 4 rings (SSSR count). The van der Waals surface area contributed by atoms with E-state index >= 15 is 0 Å². The number of aliphatic imine (C=N–C) groups is 1. The van der Waals surface area contributed by atoms with E-state index in [1.807, 2.05) is 11.8 Å². The Bertz CT molecular complexity index is 633. The van der Waals surface area contributed by atoms with Crippen molar-refractivity contribution in [1.82, 2.24) is 0 Å². The lowest BCUT2D eigenvalue weighted by Gasteiger charge is -2.34.